The van der Waals surface area contributed by atoms with Gasteiger partial charge in [0.1, 0.15) is 5.76 Å². The van der Waals surface area contributed by atoms with Crippen molar-refractivity contribution in [1.29, 1.82) is 0 Å². The maximum absolute atomic E-state index is 5.59. The van der Waals surface area contributed by atoms with Crippen LogP contribution in [0.1, 0.15) is 37.1 Å². The van der Waals surface area contributed by atoms with Gasteiger partial charge in [-0.3, -0.25) is 4.99 Å². The van der Waals surface area contributed by atoms with Crippen molar-refractivity contribution in [3.63, 3.8) is 0 Å². The number of oxazole rings is 1. The number of rotatable bonds is 6. The first kappa shape index (κ1) is 21.6. The van der Waals surface area contributed by atoms with Gasteiger partial charge in [-0.05, 0) is 32.4 Å². The molecule has 1 aromatic rings. The molecule has 8 heteroatoms. The van der Waals surface area contributed by atoms with E-state index in [1.165, 1.54) is 0 Å². The van der Waals surface area contributed by atoms with E-state index in [9.17, 15) is 0 Å². The maximum atomic E-state index is 5.59. The summed E-state index contributed by atoms with van der Waals surface area (Å²) in [7, 11) is 1.78. The quantitative estimate of drug-likeness (QED) is 0.380. The Labute approximate surface area is 166 Å². The van der Waals surface area contributed by atoms with Gasteiger partial charge in [0.25, 0.3) is 0 Å². The second-order valence-corrected chi connectivity index (χ2v) is 7.49. The number of ether oxygens (including phenoxy) is 1. The lowest BCUT2D eigenvalue weighted by molar-refractivity contribution is 0.0782. The van der Waals surface area contributed by atoms with Crippen LogP contribution in [0.2, 0.25) is 0 Å². The van der Waals surface area contributed by atoms with E-state index in [1.807, 2.05) is 25.6 Å². The number of nitrogens with one attached hydrogen (secondary N) is 2. The number of aromatic nitrogens is 1. The molecule has 1 aliphatic rings. The highest BCUT2D eigenvalue weighted by Gasteiger charge is 2.32. The number of aliphatic imine (C=N–C) groups is 1. The topological polar surface area (TPSA) is 71.7 Å². The fraction of sp³-hybridized carbons (Fsp3) is 0.750. The molecule has 1 aromatic heterocycles. The van der Waals surface area contributed by atoms with Crippen molar-refractivity contribution in [2.45, 2.75) is 44.9 Å². The number of nitrogens with zero attached hydrogens (tertiary/aromatic N) is 2. The fourth-order valence-electron chi connectivity index (χ4n) is 2.66. The van der Waals surface area contributed by atoms with Gasteiger partial charge in [-0.1, -0.05) is 6.92 Å². The Morgan fingerprint density at radius 1 is 1.29 bits per heavy atom. The second-order valence-electron chi connectivity index (χ2n) is 5.76. The van der Waals surface area contributed by atoms with E-state index in [1.54, 1.807) is 7.05 Å². The van der Waals surface area contributed by atoms with E-state index in [0.717, 1.165) is 55.8 Å². The van der Waals surface area contributed by atoms with Crippen LogP contribution in [0.3, 0.4) is 0 Å². The van der Waals surface area contributed by atoms with Crippen LogP contribution in [-0.4, -0.2) is 48.2 Å². The van der Waals surface area contributed by atoms with Gasteiger partial charge >= 0.3 is 0 Å². The summed E-state index contributed by atoms with van der Waals surface area (Å²) in [5.74, 6) is 3.45. The van der Waals surface area contributed by atoms with Crippen LogP contribution >= 0.6 is 35.7 Å². The Bertz CT molecular complexity index is 505. The van der Waals surface area contributed by atoms with Crippen molar-refractivity contribution in [2.75, 3.05) is 32.6 Å². The van der Waals surface area contributed by atoms with Crippen molar-refractivity contribution in [3.8, 4) is 0 Å². The van der Waals surface area contributed by atoms with E-state index in [-0.39, 0.29) is 28.7 Å². The van der Waals surface area contributed by atoms with Crippen LogP contribution in [0.15, 0.2) is 9.41 Å². The van der Waals surface area contributed by atoms with Crippen LogP contribution in [0.4, 0.5) is 0 Å². The van der Waals surface area contributed by atoms with Crippen molar-refractivity contribution in [1.82, 2.24) is 15.6 Å². The molecule has 0 spiro atoms. The Kier molecular flexibility index (Phi) is 9.43. The minimum absolute atomic E-state index is 0. The summed E-state index contributed by atoms with van der Waals surface area (Å²) in [6.07, 6.45) is 2.15. The molecule has 0 amide bonds. The summed E-state index contributed by atoms with van der Waals surface area (Å²) in [4.78, 5) is 8.67. The largest absolute Gasteiger partial charge is 0.444 e. The predicted molar refractivity (Wildman–Crippen MR) is 111 cm³/mol. The lowest BCUT2D eigenvalue weighted by Gasteiger charge is -2.37. The van der Waals surface area contributed by atoms with Gasteiger partial charge < -0.3 is 19.8 Å². The third-order valence-electron chi connectivity index (χ3n) is 4.14. The molecule has 138 valence electrons. The number of hydrogen-bond acceptors (Lipinski definition) is 5. The van der Waals surface area contributed by atoms with Gasteiger partial charge in [0.2, 0.25) is 5.89 Å². The monoisotopic (exact) mass is 468 g/mol. The Morgan fingerprint density at radius 3 is 2.54 bits per heavy atom. The van der Waals surface area contributed by atoms with E-state index in [0.29, 0.717) is 12.4 Å². The van der Waals surface area contributed by atoms with Crippen LogP contribution < -0.4 is 10.6 Å². The molecule has 24 heavy (non-hydrogen) atoms. The summed E-state index contributed by atoms with van der Waals surface area (Å²) in [6.45, 7) is 9.19. The molecule has 1 saturated heterocycles. The van der Waals surface area contributed by atoms with Crippen LogP contribution in [0.25, 0.3) is 0 Å². The van der Waals surface area contributed by atoms with Crippen molar-refractivity contribution in [2.24, 2.45) is 4.99 Å². The molecule has 0 aliphatic carbocycles. The average Bonchev–Trinajstić information content (AvgIpc) is 2.87. The second kappa shape index (κ2) is 10.5. The normalized spacial score (nSPS) is 17.2. The van der Waals surface area contributed by atoms with E-state index < -0.39 is 0 Å². The van der Waals surface area contributed by atoms with Crippen molar-refractivity contribution in [3.05, 3.63) is 17.3 Å². The third-order valence-corrected chi connectivity index (χ3v) is 5.59. The van der Waals surface area contributed by atoms with Gasteiger partial charge in [0.15, 0.2) is 5.96 Å². The highest BCUT2D eigenvalue weighted by atomic mass is 127. The zero-order chi connectivity index (χ0) is 16.7. The predicted octanol–water partition coefficient (Wildman–Crippen LogP) is 2.88. The smallest absolute Gasteiger partial charge is 0.214 e. The Hall–Kier alpha value is -0.480. The summed E-state index contributed by atoms with van der Waals surface area (Å²) in [5, 5.41) is 6.72. The molecule has 0 radical (unpaired) electrons. The van der Waals surface area contributed by atoms with Crippen molar-refractivity contribution < 1.29 is 9.15 Å². The molecule has 0 saturated carbocycles. The average molecular weight is 468 g/mol. The Morgan fingerprint density at radius 2 is 2.00 bits per heavy atom. The van der Waals surface area contributed by atoms with Gasteiger partial charge in [-0.2, -0.15) is 11.8 Å². The van der Waals surface area contributed by atoms with E-state index in [4.69, 9.17) is 9.15 Å². The van der Waals surface area contributed by atoms with E-state index in [2.05, 4.69) is 27.5 Å². The van der Waals surface area contributed by atoms with Gasteiger partial charge in [-0.15, -0.1) is 24.0 Å². The van der Waals surface area contributed by atoms with Gasteiger partial charge in [0.05, 0.1) is 12.2 Å². The Balaban J connectivity index is 0.00000288. The molecular weight excluding hydrogens is 439 g/mol. The highest BCUT2D eigenvalue weighted by Crippen LogP contribution is 2.34. The molecule has 0 atom stereocenters. The number of hydrogen-bond donors (Lipinski definition) is 2. The summed E-state index contributed by atoms with van der Waals surface area (Å²) in [5.41, 5.74) is 0.935. The summed E-state index contributed by atoms with van der Waals surface area (Å²) >= 11 is 2.02. The standard InChI is InChI=1S/C16H28N4O2S.HI/c1-5-23-16(6-8-21-9-7-16)11-19-15(17-4)18-10-14-20-12(2)13(3)22-14;/h5-11H2,1-4H3,(H2,17,18,19);1H. The SMILES string of the molecule is CCSC1(CNC(=NC)NCc2nc(C)c(C)o2)CCOCC1.I. The lowest BCUT2D eigenvalue weighted by atomic mass is 9.99. The lowest BCUT2D eigenvalue weighted by Crippen LogP contribution is -2.48. The zero-order valence-corrected chi connectivity index (χ0v) is 18.1. The molecule has 2 rings (SSSR count). The first-order valence-corrected chi connectivity index (χ1v) is 9.16. The van der Waals surface area contributed by atoms with Crippen LogP contribution in [0, 0.1) is 13.8 Å². The fourth-order valence-corrected chi connectivity index (χ4v) is 3.90. The zero-order valence-electron chi connectivity index (χ0n) is 15.0. The maximum Gasteiger partial charge on any atom is 0.214 e. The number of halogens is 1. The molecule has 2 N–H and O–H groups in total. The highest BCUT2D eigenvalue weighted by molar-refractivity contribution is 14.0. The van der Waals surface area contributed by atoms with Crippen LogP contribution in [0.5, 0.6) is 0 Å². The van der Waals surface area contributed by atoms with E-state index >= 15 is 0 Å². The number of guanidine groups is 1. The van der Waals surface area contributed by atoms with Gasteiger partial charge in [-0.25, -0.2) is 4.98 Å². The van der Waals surface area contributed by atoms with Crippen LogP contribution in [-0.2, 0) is 11.3 Å². The number of thioether (sulfide) groups is 1. The minimum atomic E-state index is 0. The van der Waals surface area contributed by atoms with Crippen molar-refractivity contribution >= 4 is 41.7 Å². The molecular formula is C16H29IN4O2S. The molecule has 2 heterocycles. The molecule has 0 unspecified atom stereocenters. The molecule has 0 aromatic carbocycles. The van der Waals surface area contributed by atoms with Gasteiger partial charge in [0, 0.05) is 31.6 Å². The number of aryl methyl sites for hydroxylation is 2. The molecule has 1 aliphatic heterocycles. The summed E-state index contributed by atoms with van der Waals surface area (Å²) < 4.78 is 11.3. The first-order chi connectivity index (χ1) is 11.1. The molecule has 6 nitrogen and oxygen atoms in total. The molecule has 0 bridgehead atoms. The summed E-state index contributed by atoms with van der Waals surface area (Å²) in [6, 6.07) is 0. The minimum Gasteiger partial charge on any atom is -0.444 e. The first-order valence-electron chi connectivity index (χ1n) is 8.17. The third kappa shape index (κ3) is 6.11. The molecule has 1 fully saturated rings.